The van der Waals surface area contributed by atoms with Gasteiger partial charge in [-0.05, 0) is 38.1 Å². The Labute approximate surface area is 101 Å². The summed E-state index contributed by atoms with van der Waals surface area (Å²) in [6.45, 7) is 8.53. The molecule has 3 atom stereocenters. The summed E-state index contributed by atoms with van der Waals surface area (Å²) in [4.78, 5) is 2.76. The molecule has 94 valence electrons. The van der Waals surface area contributed by atoms with Crippen LogP contribution in [0.3, 0.4) is 0 Å². The zero-order chi connectivity index (χ0) is 11.4. The lowest BCUT2D eigenvalue weighted by atomic mass is 9.85. The van der Waals surface area contributed by atoms with Crippen LogP contribution in [-0.4, -0.2) is 36.6 Å². The lowest BCUT2D eigenvalue weighted by molar-refractivity contribution is 0.136. The Balaban J connectivity index is 1.78. The SMILES string of the molecule is CCCNC1CCN(C2CCCCC2C)C1. The van der Waals surface area contributed by atoms with Gasteiger partial charge in [0.05, 0.1) is 0 Å². The highest BCUT2D eigenvalue weighted by molar-refractivity contribution is 4.88. The molecule has 0 aromatic carbocycles. The van der Waals surface area contributed by atoms with E-state index in [1.165, 1.54) is 58.2 Å². The predicted molar refractivity (Wildman–Crippen MR) is 69.7 cm³/mol. The normalized spacial score (nSPS) is 36.8. The van der Waals surface area contributed by atoms with Gasteiger partial charge in [0.15, 0.2) is 0 Å². The van der Waals surface area contributed by atoms with Crippen molar-refractivity contribution in [2.45, 2.75) is 64.5 Å². The molecule has 0 radical (unpaired) electrons. The first kappa shape index (κ1) is 12.4. The summed E-state index contributed by atoms with van der Waals surface area (Å²) in [5.41, 5.74) is 0. The third-order valence-electron chi connectivity index (χ3n) is 4.44. The van der Waals surface area contributed by atoms with Crippen LogP contribution in [0.15, 0.2) is 0 Å². The summed E-state index contributed by atoms with van der Waals surface area (Å²) in [6, 6.07) is 1.66. The zero-order valence-electron chi connectivity index (χ0n) is 11.0. The molecule has 0 bridgehead atoms. The van der Waals surface area contributed by atoms with Gasteiger partial charge in [0, 0.05) is 25.2 Å². The summed E-state index contributed by atoms with van der Waals surface area (Å²) in [5.74, 6) is 0.929. The van der Waals surface area contributed by atoms with Crippen LogP contribution < -0.4 is 5.32 Å². The van der Waals surface area contributed by atoms with Crippen LogP contribution in [0, 0.1) is 5.92 Å². The van der Waals surface area contributed by atoms with Crippen LogP contribution in [-0.2, 0) is 0 Å². The van der Waals surface area contributed by atoms with Crippen LogP contribution in [0.1, 0.15) is 52.4 Å². The largest absolute Gasteiger partial charge is 0.313 e. The predicted octanol–water partition coefficient (Wildman–Crippen LogP) is 2.64. The smallest absolute Gasteiger partial charge is 0.0207 e. The van der Waals surface area contributed by atoms with E-state index in [2.05, 4.69) is 24.1 Å². The molecule has 1 saturated carbocycles. The number of nitrogens with zero attached hydrogens (tertiary/aromatic N) is 1. The van der Waals surface area contributed by atoms with Crippen molar-refractivity contribution in [3.05, 3.63) is 0 Å². The first-order chi connectivity index (χ1) is 7.81. The molecule has 0 aromatic rings. The Morgan fingerprint density at radius 1 is 1.19 bits per heavy atom. The third-order valence-corrected chi connectivity index (χ3v) is 4.44. The first-order valence-corrected chi connectivity index (χ1v) is 7.28. The van der Waals surface area contributed by atoms with Gasteiger partial charge in [-0.1, -0.05) is 26.7 Å². The molecule has 2 nitrogen and oxygen atoms in total. The fourth-order valence-electron chi connectivity index (χ4n) is 3.44. The first-order valence-electron chi connectivity index (χ1n) is 7.28. The lowest BCUT2D eigenvalue weighted by Gasteiger charge is -2.36. The van der Waals surface area contributed by atoms with Crippen LogP contribution in [0.2, 0.25) is 0 Å². The molecule has 0 aromatic heterocycles. The average molecular weight is 224 g/mol. The molecular weight excluding hydrogens is 196 g/mol. The van der Waals surface area contributed by atoms with Gasteiger partial charge in [0.25, 0.3) is 0 Å². The van der Waals surface area contributed by atoms with Gasteiger partial charge >= 0.3 is 0 Å². The minimum absolute atomic E-state index is 0.772. The fourth-order valence-corrected chi connectivity index (χ4v) is 3.44. The number of hydrogen-bond acceptors (Lipinski definition) is 2. The van der Waals surface area contributed by atoms with Crippen molar-refractivity contribution < 1.29 is 0 Å². The summed E-state index contributed by atoms with van der Waals surface area (Å²) in [7, 11) is 0. The Kier molecular flexibility index (Phi) is 4.66. The minimum atomic E-state index is 0.772. The molecule has 1 saturated heterocycles. The number of nitrogens with one attached hydrogen (secondary N) is 1. The van der Waals surface area contributed by atoms with Crippen LogP contribution in [0.4, 0.5) is 0 Å². The number of hydrogen-bond donors (Lipinski definition) is 1. The van der Waals surface area contributed by atoms with Gasteiger partial charge in [-0.15, -0.1) is 0 Å². The van der Waals surface area contributed by atoms with Crippen molar-refractivity contribution in [2.24, 2.45) is 5.92 Å². The van der Waals surface area contributed by atoms with Crippen molar-refractivity contribution >= 4 is 0 Å². The molecule has 2 aliphatic rings. The Hall–Kier alpha value is -0.0800. The molecule has 1 N–H and O–H groups in total. The van der Waals surface area contributed by atoms with Crippen LogP contribution >= 0.6 is 0 Å². The van der Waals surface area contributed by atoms with E-state index in [0.29, 0.717) is 0 Å². The van der Waals surface area contributed by atoms with E-state index in [9.17, 15) is 0 Å². The molecule has 2 rings (SSSR count). The Morgan fingerprint density at radius 3 is 2.75 bits per heavy atom. The van der Waals surface area contributed by atoms with Crippen LogP contribution in [0.5, 0.6) is 0 Å². The molecule has 2 heteroatoms. The molecular formula is C14H28N2. The second-order valence-electron chi connectivity index (χ2n) is 5.76. The van der Waals surface area contributed by atoms with E-state index in [1.807, 2.05) is 0 Å². The Bertz CT molecular complexity index is 205. The van der Waals surface area contributed by atoms with Gasteiger partial charge < -0.3 is 5.32 Å². The third kappa shape index (κ3) is 2.98. The summed E-state index contributed by atoms with van der Waals surface area (Å²) in [6.07, 6.45) is 8.44. The van der Waals surface area contributed by atoms with Gasteiger partial charge in [0.1, 0.15) is 0 Å². The second-order valence-corrected chi connectivity index (χ2v) is 5.76. The molecule has 16 heavy (non-hydrogen) atoms. The van der Waals surface area contributed by atoms with E-state index in [4.69, 9.17) is 0 Å². The van der Waals surface area contributed by atoms with E-state index in [1.54, 1.807) is 0 Å². The standard InChI is InChI=1S/C14H28N2/c1-3-9-15-13-8-10-16(11-13)14-7-5-4-6-12(14)2/h12-15H,3-11H2,1-2H3. The summed E-state index contributed by atoms with van der Waals surface area (Å²) >= 11 is 0. The van der Waals surface area contributed by atoms with Gasteiger partial charge in [0.2, 0.25) is 0 Å². The summed E-state index contributed by atoms with van der Waals surface area (Å²) < 4.78 is 0. The minimum Gasteiger partial charge on any atom is -0.313 e. The van der Waals surface area contributed by atoms with Gasteiger partial charge in [-0.25, -0.2) is 0 Å². The lowest BCUT2D eigenvalue weighted by Crippen LogP contribution is -2.42. The van der Waals surface area contributed by atoms with E-state index < -0.39 is 0 Å². The topological polar surface area (TPSA) is 15.3 Å². The maximum atomic E-state index is 3.67. The molecule has 1 aliphatic carbocycles. The average Bonchev–Trinajstić information content (AvgIpc) is 2.75. The van der Waals surface area contributed by atoms with Crippen molar-refractivity contribution in [1.29, 1.82) is 0 Å². The zero-order valence-corrected chi connectivity index (χ0v) is 11.0. The van der Waals surface area contributed by atoms with Crippen molar-refractivity contribution in [3.8, 4) is 0 Å². The van der Waals surface area contributed by atoms with E-state index >= 15 is 0 Å². The Morgan fingerprint density at radius 2 is 2.00 bits per heavy atom. The monoisotopic (exact) mass is 224 g/mol. The molecule has 1 heterocycles. The second kappa shape index (κ2) is 6.02. The summed E-state index contributed by atoms with van der Waals surface area (Å²) in [5, 5.41) is 3.67. The van der Waals surface area contributed by atoms with Crippen LogP contribution in [0.25, 0.3) is 0 Å². The number of rotatable bonds is 4. The molecule has 2 fully saturated rings. The van der Waals surface area contributed by atoms with Crippen molar-refractivity contribution in [1.82, 2.24) is 10.2 Å². The molecule has 0 spiro atoms. The molecule has 3 unspecified atom stereocenters. The highest BCUT2D eigenvalue weighted by Gasteiger charge is 2.32. The van der Waals surface area contributed by atoms with Gasteiger partial charge in [-0.3, -0.25) is 4.90 Å². The van der Waals surface area contributed by atoms with Gasteiger partial charge in [-0.2, -0.15) is 0 Å². The number of likely N-dealkylation sites (tertiary alicyclic amines) is 1. The fraction of sp³-hybridized carbons (Fsp3) is 1.00. The maximum absolute atomic E-state index is 3.67. The van der Waals surface area contributed by atoms with E-state index in [-0.39, 0.29) is 0 Å². The van der Waals surface area contributed by atoms with E-state index in [0.717, 1.165) is 18.0 Å². The highest BCUT2D eigenvalue weighted by Crippen LogP contribution is 2.30. The quantitative estimate of drug-likeness (QED) is 0.790. The molecule has 1 aliphatic heterocycles. The maximum Gasteiger partial charge on any atom is 0.0207 e. The van der Waals surface area contributed by atoms with Crippen molar-refractivity contribution in [2.75, 3.05) is 19.6 Å². The van der Waals surface area contributed by atoms with Crippen molar-refractivity contribution in [3.63, 3.8) is 0 Å². The molecule has 0 amide bonds. The highest BCUT2D eigenvalue weighted by atomic mass is 15.2.